The molecule has 0 aliphatic heterocycles. The zero-order valence-electron chi connectivity index (χ0n) is 26.2. The molecule has 3 aliphatic carbocycles. The number of aliphatic hydroxyl groups excluding tert-OH is 2. The van der Waals surface area contributed by atoms with E-state index in [1.807, 2.05) is 22.6 Å². The number of methoxy groups -OCH3 is 1. The molecule has 1 aromatic rings. The molecule has 10 nitrogen and oxygen atoms in total. The summed E-state index contributed by atoms with van der Waals surface area (Å²) in [5.74, 6) is 1.75. The van der Waals surface area contributed by atoms with Crippen LogP contribution >= 0.6 is 22.6 Å². The standard InChI is InChI=1S/C33H47IN2O8/c1-19(2)24-8-5-20(3)11-27(24)43-18-30(39)36(16-21-6-7-21)26-14-23(33(41)35-9-10-37)15-28(31(26)40)44-32-25(34)12-22(17-38)13-29(32)42-4/h12-13,15,17,19-21,24,26-28,31,37,40H,5-11,14,16,18H2,1-4H3,(H,35,41). The van der Waals surface area contributed by atoms with Gasteiger partial charge in [0.1, 0.15) is 25.1 Å². The average Bonchev–Trinajstić information content (AvgIpc) is 3.83. The second-order valence-corrected chi connectivity index (χ2v) is 14.0. The van der Waals surface area contributed by atoms with Gasteiger partial charge >= 0.3 is 0 Å². The molecule has 0 spiro atoms. The van der Waals surface area contributed by atoms with Gasteiger partial charge in [-0.25, -0.2) is 0 Å². The molecule has 1 aromatic carbocycles. The number of aliphatic hydroxyl groups is 2. The zero-order chi connectivity index (χ0) is 32.0. The fourth-order valence-corrected chi connectivity index (χ4v) is 7.16. The summed E-state index contributed by atoms with van der Waals surface area (Å²) in [7, 11) is 1.46. The number of halogens is 1. The number of ether oxygens (including phenoxy) is 3. The molecule has 0 heterocycles. The van der Waals surface area contributed by atoms with Crippen LogP contribution in [0.3, 0.4) is 0 Å². The van der Waals surface area contributed by atoms with E-state index in [0.29, 0.717) is 62.7 Å². The molecule has 2 amide bonds. The van der Waals surface area contributed by atoms with Crippen LogP contribution in [-0.4, -0.2) is 91.0 Å². The van der Waals surface area contributed by atoms with Gasteiger partial charge < -0.3 is 34.6 Å². The van der Waals surface area contributed by atoms with Crippen LogP contribution in [0.5, 0.6) is 11.5 Å². The van der Waals surface area contributed by atoms with Crippen molar-refractivity contribution in [3.05, 3.63) is 32.9 Å². The highest BCUT2D eigenvalue weighted by atomic mass is 127. The van der Waals surface area contributed by atoms with Gasteiger partial charge in [-0.15, -0.1) is 0 Å². The maximum atomic E-state index is 13.9. The smallest absolute Gasteiger partial charge is 0.248 e. The number of hydrogen-bond acceptors (Lipinski definition) is 8. The van der Waals surface area contributed by atoms with Gasteiger partial charge in [0.25, 0.3) is 0 Å². The summed E-state index contributed by atoms with van der Waals surface area (Å²) in [6.45, 7) is 6.87. The normalized spacial score (nSPS) is 27.0. The first-order chi connectivity index (χ1) is 21.1. The van der Waals surface area contributed by atoms with Crippen LogP contribution < -0.4 is 14.8 Å². The molecule has 11 heteroatoms. The third-order valence-corrected chi connectivity index (χ3v) is 9.91. The molecule has 0 radical (unpaired) electrons. The second-order valence-electron chi connectivity index (χ2n) is 12.8. The summed E-state index contributed by atoms with van der Waals surface area (Å²) in [4.78, 5) is 40.2. The zero-order valence-corrected chi connectivity index (χ0v) is 28.3. The van der Waals surface area contributed by atoms with Crippen LogP contribution in [0.25, 0.3) is 0 Å². The lowest BCUT2D eigenvalue weighted by Crippen LogP contribution is -2.56. The number of hydrogen-bond donors (Lipinski definition) is 3. The fraction of sp³-hybridized carbons (Fsp3) is 0.667. The van der Waals surface area contributed by atoms with Crippen molar-refractivity contribution >= 4 is 40.7 Å². The molecule has 44 heavy (non-hydrogen) atoms. The Hall–Kier alpha value is -2.22. The molecule has 2 fully saturated rings. The lowest BCUT2D eigenvalue weighted by atomic mass is 9.75. The van der Waals surface area contributed by atoms with Crippen molar-refractivity contribution in [2.75, 3.05) is 33.4 Å². The van der Waals surface area contributed by atoms with Crippen molar-refractivity contribution in [2.45, 2.75) is 83.6 Å². The quantitative estimate of drug-likeness (QED) is 0.195. The van der Waals surface area contributed by atoms with Crippen molar-refractivity contribution in [1.82, 2.24) is 10.2 Å². The monoisotopic (exact) mass is 726 g/mol. The Morgan fingerprint density at radius 1 is 1.20 bits per heavy atom. The maximum absolute atomic E-state index is 13.9. The van der Waals surface area contributed by atoms with Gasteiger partial charge in [-0.3, -0.25) is 14.4 Å². The van der Waals surface area contributed by atoms with E-state index in [4.69, 9.17) is 14.2 Å². The van der Waals surface area contributed by atoms with E-state index in [9.17, 15) is 24.6 Å². The summed E-state index contributed by atoms with van der Waals surface area (Å²) in [5.41, 5.74) is 0.765. The Morgan fingerprint density at radius 3 is 2.59 bits per heavy atom. The number of rotatable bonds is 14. The van der Waals surface area contributed by atoms with E-state index in [1.54, 1.807) is 23.1 Å². The third kappa shape index (κ3) is 8.73. The predicted molar refractivity (Wildman–Crippen MR) is 174 cm³/mol. The summed E-state index contributed by atoms with van der Waals surface area (Å²) in [6, 6.07) is 2.46. The fourth-order valence-electron chi connectivity index (χ4n) is 6.41. The van der Waals surface area contributed by atoms with Crippen LogP contribution in [-0.2, 0) is 14.3 Å². The van der Waals surface area contributed by atoms with E-state index >= 15 is 0 Å². The molecule has 3 N–H and O–H groups in total. The first-order valence-corrected chi connectivity index (χ1v) is 16.8. The molecule has 2 saturated carbocycles. The molecule has 0 bridgehead atoms. The van der Waals surface area contributed by atoms with Gasteiger partial charge in [-0.05, 0) is 90.2 Å². The topological polar surface area (TPSA) is 135 Å². The van der Waals surface area contributed by atoms with E-state index < -0.39 is 24.2 Å². The first kappa shape index (κ1) is 34.6. The Balaban J connectivity index is 1.61. The number of nitrogens with one attached hydrogen (secondary N) is 1. The van der Waals surface area contributed by atoms with E-state index in [-0.39, 0.29) is 38.2 Å². The lowest BCUT2D eigenvalue weighted by molar-refractivity contribution is -0.148. The van der Waals surface area contributed by atoms with Crippen molar-refractivity contribution in [1.29, 1.82) is 0 Å². The average molecular weight is 727 g/mol. The minimum absolute atomic E-state index is 0.00132. The molecule has 6 unspecified atom stereocenters. The number of benzene rings is 1. The van der Waals surface area contributed by atoms with Crippen LogP contribution in [0.4, 0.5) is 0 Å². The van der Waals surface area contributed by atoms with Crippen molar-refractivity contribution in [2.24, 2.45) is 23.7 Å². The molecule has 244 valence electrons. The van der Waals surface area contributed by atoms with Crippen molar-refractivity contribution in [3.8, 4) is 11.5 Å². The van der Waals surface area contributed by atoms with Gasteiger partial charge in [-0.2, -0.15) is 0 Å². The van der Waals surface area contributed by atoms with E-state index in [2.05, 4.69) is 26.1 Å². The van der Waals surface area contributed by atoms with Gasteiger partial charge in [-0.1, -0.05) is 27.2 Å². The van der Waals surface area contributed by atoms with Gasteiger partial charge in [0.15, 0.2) is 11.5 Å². The molecular formula is C33H47IN2O8. The highest BCUT2D eigenvalue weighted by molar-refractivity contribution is 14.1. The minimum atomic E-state index is -1.16. The van der Waals surface area contributed by atoms with Crippen molar-refractivity contribution in [3.63, 3.8) is 0 Å². The summed E-state index contributed by atoms with van der Waals surface area (Å²) < 4.78 is 18.7. The van der Waals surface area contributed by atoms with E-state index in [0.717, 1.165) is 32.1 Å². The Bertz CT molecular complexity index is 1200. The second kappa shape index (κ2) is 15.9. The van der Waals surface area contributed by atoms with Crippen LogP contribution in [0.15, 0.2) is 23.8 Å². The lowest BCUT2D eigenvalue weighted by Gasteiger charge is -2.41. The number of amides is 2. The first-order valence-electron chi connectivity index (χ1n) is 15.7. The number of carbonyl (C=O) groups is 3. The molecule has 0 aromatic heterocycles. The molecule has 6 atom stereocenters. The Kier molecular flexibility index (Phi) is 12.5. The Labute approximate surface area is 274 Å². The summed E-state index contributed by atoms with van der Waals surface area (Å²) in [5, 5.41) is 23.7. The Morgan fingerprint density at radius 2 is 1.95 bits per heavy atom. The molecular weight excluding hydrogens is 679 g/mol. The number of aldehydes is 1. The maximum Gasteiger partial charge on any atom is 0.248 e. The van der Waals surface area contributed by atoms with Crippen LogP contribution in [0.2, 0.25) is 0 Å². The SMILES string of the molecule is COc1cc(C=O)cc(I)c1OC1C=C(C(=O)NCCO)CC(N(CC2CC2)C(=O)COC2CC(C)CCC2C(C)C)C1O. The van der Waals surface area contributed by atoms with Gasteiger partial charge in [0.2, 0.25) is 11.8 Å². The predicted octanol–water partition coefficient (Wildman–Crippen LogP) is 3.74. The molecule has 4 rings (SSSR count). The number of nitrogens with zero attached hydrogens (tertiary/aromatic N) is 1. The van der Waals surface area contributed by atoms with Gasteiger partial charge in [0.05, 0.1) is 29.4 Å². The van der Waals surface area contributed by atoms with Gasteiger partial charge in [0, 0.05) is 30.6 Å². The van der Waals surface area contributed by atoms with Crippen molar-refractivity contribution < 1.29 is 38.8 Å². The highest BCUT2D eigenvalue weighted by Gasteiger charge is 2.43. The number of carbonyl (C=O) groups excluding carboxylic acids is 3. The van der Waals surface area contributed by atoms with E-state index in [1.165, 1.54) is 7.11 Å². The minimum Gasteiger partial charge on any atom is -0.493 e. The molecule has 0 saturated heterocycles. The highest BCUT2D eigenvalue weighted by Crippen LogP contribution is 2.39. The van der Waals surface area contributed by atoms with Crippen LogP contribution in [0, 0.1) is 27.2 Å². The molecule has 3 aliphatic rings. The third-order valence-electron chi connectivity index (χ3n) is 9.11. The van der Waals surface area contributed by atoms with Crippen LogP contribution in [0.1, 0.15) is 69.7 Å². The summed E-state index contributed by atoms with van der Waals surface area (Å²) >= 11 is 2.04. The summed E-state index contributed by atoms with van der Waals surface area (Å²) in [6.07, 6.45) is 5.43. The largest absolute Gasteiger partial charge is 0.493 e.